The summed E-state index contributed by atoms with van der Waals surface area (Å²) < 4.78 is 23.0. The van der Waals surface area contributed by atoms with E-state index < -0.39 is 5.97 Å². The van der Waals surface area contributed by atoms with Crippen LogP contribution in [0.15, 0.2) is 17.3 Å². The van der Waals surface area contributed by atoms with Gasteiger partial charge in [-0.3, -0.25) is 4.79 Å². The van der Waals surface area contributed by atoms with Crippen molar-refractivity contribution in [2.45, 2.75) is 30.8 Å². The number of thiophene rings is 1. The number of rotatable bonds is 9. The van der Waals surface area contributed by atoms with E-state index in [0.717, 1.165) is 41.7 Å². The number of nitrogens with zero attached hydrogens (tertiary/aromatic N) is 3. The molecule has 1 aliphatic rings. The topological polar surface area (TPSA) is 114 Å². The molecule has 3 aromatic rings. The van der Waals surface area contributed by atoms with E-state index in [2.05, 4.69) is 15.5 Å². The van der Waals surface area contributed by atoms with Crippen molar-refractivity contribution in [1.82, 2.24) is 14.8 Å². The highest BCUT2D eigenvalue weighted by Gasteiger charge is 2.27. The summed E-state index contributed by atoms with van der Waals surface area (Å²) in [5, 5.41) is 12.6. The highest BCUT2D eigenvalue weighted by molar-refractivity contribution is 7.99. The summed E-state index contributed by atoms with van der Waals surface area (Å²) in [6.45, 7) is 0. The van der Waals surface area contributed by atoms with E-state index in [0.29, 0.717) is 38.8 Å². The molecule has 12 heteroatoms. The second-order valence-corrected chi connectivity index (χ2v) is 10.1. The number of amides is 1. The molecule has 10 nitrogen and oxygen atoms in total. The van der Waals surface area contributed by atoms with Gasteiger partial charge < -0.3 is 28.8 Å². The number of aromatic nitrogens is 3. The van der Waals surface area contributed by atoms with E-state index in [-0.39, 0.29) is 11.7 Å². The molecule has 0 saturated carbocycles. The predicted octanol–water partition coefficient (Wildman–Crippen LogP) is 3.97. The Hall–Kier alpha value is -3.25. The molecule has 0 spiro atoms. The average molecular weight is 533 g/mol. The number of aryl methyl sites for hydroxylation is 1. The number of fused-ring (bicyclic) bond motifs is 1. The summed E-state index contributed by atoms with van der Waals surface area (Å²) >= 11 is 2.71. The van der Waals surface area contributed by atoms with Crippen LogP contribution in [0.3, 0.4) is 0 Å². The lowest BCUT2D eigenvalue weighted by molar-refractivity contribution is -0.113. The van der Waals surface area contributed by atoms with Gasteiger partial charge in [-0.1, -0.05) is 11.8 Å². The molecule has 0 atom stereocenters. The number of hydrogen-bond donors (Lipinski definition) is 1. The van der Waals surface area contributed by atoms with E-state index in [4.69, 9.17) is 18.9 Å². The number of thioether (sulfide) groups is 1. The van der Waals surface area contributed by atoms with E-state index in [9.17, 15) is 9.59 Å². The van der Waals surface area contributed by atoms with Crippen LogP contribution in [0.4, 0.5) is 5.00 Å². The molecule has 192 valence electrons. The molecule has 2 aromatic heterocycles. The summed E-state index contributed by atoms with van der Waals surface area (Å²) in [6.07, 6.45) is 3.84. The fourth-order valence-electron chi connectivity index (χ4n) is 4.17. The van der Waals surface area contributed by atoms with Gasteiger partial charge in [-0.05, 0) is 43.4 Å². The van der Waals surface area contributed by atoms with Gasteiger partial charge in [0.05, 0.1) is 39.8 Å². The maximum absolute atomic E-state index is 12.8. The van der Waals surface area contributed by atoms with Gasteiger partial charge in [0.25, 0.3) is 0 Å². The third-order valence-corrected chi connectivity index (χ3v) is 8.13. The first-order valence-corrected chi connectivity index (χ1v) is 13.1. The lowest BCUT2D eigenvalue weighted by atomic mass is 9.95. The highest BCUT2D eigenvalue weighted by Crippen LogP contribution is 2.41. The molecule has 2 heterocycles. The number of benzene rings is 1. The first kappa shape index (κ1) is 25.8. The normalized spacial score (nSPS) is 12.6. The fourth-order valence-corrected chi connectivity index (χ4v) is 6.17. The Morgan fingerprint density at radius 3 is 2.39 bits per heavy atom. The number of carbonyl (C=O) groups excluding carboxylic acids is 2. The Balaban J connectivity index is 1.50. The molecular weight excluding hydrogens is 504 g/mol. The largest absolute Gasteiger partial charge is 0.493 e. The van der Waals surface area contributed by atoms with E-state index in [1.165, 1.54) is 30.2 Å². The second kappa shape index (κ2) is 11.2. The van der Waals surface area contributed by atoms with Crippen molar-refractivity contribution in [2.75, 3.05) is 39.5 Å². The van der Waals surface area contributed by atoms with Crippen LogP contribution in [0.5, 0.6) is 17.2 Å². The van der Waals surface area contributed by atoms with E-state index in [1.54, 1.807) is 38.0 Å². The first-order valence-electron chi connectivity index (χ1n) is 11.3. The Bertz CT molecular complexity index is 1260. The predicted molar refractivity (Wildman–Crippen MR) is 138 cm³/mol. The van der Waals surface area contributed by atoms with Crippen LogP contribution in [0.1, 0.15) is 33.6 Å². The molecule has 0 aliphatic heterocycles. The quantitative estimate of drug-likeness (QED) is 0.323. The van der Waals surface area contributed by atoms with Crippen molar-refractivity contribution in [3.05, 3.63) is 28.1 Å². The summed E-state index contributed by atoms with van der Waals surface area (Å²) in [6, 6.07) is 3.58. The van der Waals surface area contributed by atoms with Crippen molar-refractivity contribution in [2.24, 2.45) is 7.05 Å². The zero-order valence-electron chi connectivity index (χ0n) is 20.8. The van der Waals surface area contributed by atoms with Crippen molar-refractivity contribution < 1.29 is 28.5 Å². The van der Waals surface area contributed by atoms with Gasteiger partial charge in [0.2, 0.25) is 11.7 Å². The Morgan fingerprint density at radius 2 is 1.75 bits per heavy atom. The molecule has 0 unspecified atom stereocenters. The van der Waals surface area contributed by atoms with E-state index in [1.807, 2.05) is 7.05 Å². The number of methoxy groups -OCH3 is 4. The van der Waals surface area contributed by atoms with Crippen LogP contribution in [-0.2, 0) is 29.4 Å². The standard InChI is InChI=1S/C24H28N4O6S2/c1-28-21(13-10-15(31-2)20(33-4)16(11-13)32-3)26-27-24(28)35-12-18(29)25-22-19(23(30)34-5)14-8-6-7-9-17(14)36-22/h10-11H,6-9,12H2,1-5H3,(H,25,29). The van der Waals surface area contributed by atoms with Gasteiger partial charge in [-0.25, -0.2) is 4.79 Å². The summed E-state index contributed by atoms with van der Waals surface area (Å²) in [7, 11) is 7.82. The average Bonchev–Trinajstić information content (AvgIpc) is 3.45. The molecule has 0 fully saturated rings. The molecular formula is C24H28N4O6S2. The number of hydrogen-bond acceptors (Lipinski definition) is 10. The molecule has 0 bridgehead atoms. The van der Waals surface area contributed by atoms with Gasteiger partial charge in [-0.15, -0.1) is 21.5 Å². The fraction of sp³-hybridized carbons (Fsp3) is 0.417. The minimum absolute atomic E-state index is 0.102. The maximum atomic E-state index is 12.8. The van der Waals surface area contributed by atoms with Gasteiger partial charge in [0, 0.05) is 17.5 Å². The van der Waals surface area contributed by atoms with Crippen molar-refractivity contribution in [3.63, 3.8) is 0 Å². The Kier molecular flexibility index (Phi) is 8.04. The van der Waals surface area contributed by atoms with Crippen LogP contribution < -0.4 is 19.5 Å². The van der Waals surface area contributed by atoms with Crippen molar-refractivity contribution in [3.8, 4) is 28.6 Å². The summed E-state index contributed by atoms with van der Waals surface area (Å²) in [5.41, 5.74) is 2.21. The number of nitrogens with one attached hydrogen (secondary N) is 1. The van der Waals surface area contributed by atoms with E-state index >= 15 is 0 Å². The van der Waals surface area contributed by atoms with Crippen molar-refractivity contribution >= 4 is 40.0 Å². The van der Waals surface area contributed by atoms with Gasteiger partial charge in [0.15, 0.2) is 22.5 Å². The summed E-state index contributed by atoms with van der Waals surface area (Å²) in [5.74, 6) is 1.52. The molecule has 1 aromatic carbocycles. The van der Waals surface area contributed by atoms with Crippen LogP contribution >= 0.6 is 23.1 Å². The maximum Gasteiger partial charge on any atom is 0.341 e. The Labute approximate surface area is 217 Å². The second-order valence-electron chi connectivity index (χ2n) is 8.02. The van der Waals surface area contributed by atoms with Crippen LogP contribution in [0, 0.1) is 0 Å². The number of esters is 1. The summed E-state index contributed by atoms with van der Waals surface area (Å²) in [4.78, 5) is 26.4. The van der Waals surface area contributed by atoms with Crippen LogP contribution in [0.25, 0.3) is 11.4 Å². The Morgan fingerprint density at radius 1 is 1.06 bits per heavy atom. The van der Waals surface area contributed by atoms with Crippen molar-refractivity contribution in [1.29, 1.82) is 0 Å². The molecule has 1 amide bonds. The van der Waals surface area contributed by atoms with Crippen LogP contribution in [0.2, 0.25) is 0 Å². The molecule has 4 rings (SSSR count). The van der Waals surface area contributed by atoms with Crippen LogP contribution in [-0.4, -0.2) is 60.8 Å². The molecule has 0 saturated heterocycles. The van der Waals surface area contributed by atoms with Gasteiger partial charge in [0.1, 0.15) is 5.00 Å². The molecule has 1 N–H and O–H groups in total. The monoisotopic (exact) mass is 532 g/mol. The smallest absolute Gasteiger partial charge is 0.341 e. The number of anilines is 1. The first-order chi connectivity index (χ1) is 17.4. The SMILES string of the molecule is COC(=O)c1c(NC(=O)CSc2nnc(-c3cc(OC)c(OC)c(OC)c3)n2C)sc2c1CCCC2. The highest BCUT2D eigenvalue weighted by atomic mass is 32.2. The zero-order valence-corrected chi connectivity index (χ0v) is 22.4. The minimum atomic E-state index is -0.416. The molecule has 0 radical (unpaired) electrons. The minimum Gasteiger partial charge on any atom is -0.493 e. The number of carbonyl (C=O) groups is 2. The molecule has 36 heavy (non-hydrogen) atoms. The third kappa shape index (κ3) is 5.00. The lowest BCUT2D eigenvalue weighted by Gasteiger charge is -2.14. The zero-order chi connectivity index (χ0) is 25.8. The lowest BCUT2D eigenvalue weighted by Crippen LogP contribution is -2.17. The number of ether oxygens (including phenoxy) is 4. The van der Waals surface area contributed by atoms with Gasteiger partial charge >= 0.3 is 5.97 Å². The third-order valence-electron chi connectivity index (χ3n) is 5.90. The molecule has 1 aliphatic carbocycles. The van der Waals surface area contributed by atoms with Gasteiger partial charge in [-0.2, -0.15) is 0 Å².